The van der Waals surface area contributed by atoms with Gasteiger partial charge in [-0.15, -0.1) is 0 Å². The van der Waals surface area contributed by atoms with Gasteiger partial charge in [-0.05, 0) is 75.3 Å². The van der Waals surface area contributed by atoms with Crippen LogP contribution < -0.4 is 25.0 Å². The predicted molar refractivity (Wildman–Crippen MR) is 173 cm³/mol. The number of hydrogen-bond donors (Lipinski definition) is 3. The molecule has 1 saturated heterocycles. The van der Waals surface area contributed by atoms with Crippen LogP contribution in [0.3, 0.4) is 0 Å². The minimum Gasteiger partial charge on any atom is -0.495 e. The number of carbonyl (C=O) groups excluding carboxylic acids is 1. The number of carbonyl (C=O) groups is 1. The van der Waals surface area contributed by atoms with Crippen LogP contribution in [0.5, 0.6) is 5.75 Å². The molecule has 9 nitrogen and oxygen atoms in total. The van der Waals surface area contributed by atoms with E-state index in [4.69, 9.17) is 4.74 Å². The third-order valence-corrected chi connectivity index (χ3v) is 7.90. The number of hydrogen-bond acceptors (Lipinski definition) is 9. The Morgan fingerprint density at radius 3 is 2.50 bits per heavy atom. The average Bonchev–Trinajstić information content (AvgIpc) is 3.01. The number of benzene rings is 2. The van der Waals surface area contributed by atoms with Crippen LogP contribution in [0.2, 0.25) is 0 Å². The second kappa shape index (κ2) is 15.8. The number of likely N-dealkylation sites (tertiary alicyclic amines) is 1. The monoisotopic (exact) mass is 633 g/mol. The molecule has 1 amide bonds. The molecule has 1 aromatic heterocycles. The molecular weight excluding hydrogens is 591 g/mol. The highest BCUT2D eigenvalue weighted by Crippen LogP contribution is 2.36. The molecule has 0 radical (unpaired) electrons. The minimum absolute atomic E-state index is 0.0577. The molecule has 3 N–H and O–H groups in total. The molecule has 2 heterocycles. The SMILES string of the molecule is CC.COc1cc(C(=O)NC2CCN(C)CC2)ccc1Nc1ncc(C(F)(F)F)c(NCc2ccc(C)cc2N(C)SC)n1. The minimum atomic E-state index is -4.66. The Morgan fingerprint density at radius 2 is 1.86 bits per heavy atom. The summed E-state index contributed by atoms with van der Waals surface area (Å²) in [5.41, 5.74) is 2.58. The number of rotatable bonds is 10. The molecular formula is C31H42F3N7O2S. The number of nitrogens with zero attached hydrogens (tertiary/aromatic N) is 4. The number of ether oxygens (including phenoxy) is 1. The molecule has 13 heteroatoms. The number of amides is 1. The maximum absolute atomic E-state index is 13.9. The van der Waals surface area contributed by atoms with Crippen LogP contribution in [0, 0.1) is 6.92 Å². The summed E-state index contributed by atoms with van der Waals surface area (Å²) in [6, 6.07) is 10.7. The zero-order chi connectivity index (χ0) is 32.4. The summed E-state index contributed by atoms with van der Waals surface area (Å²) in [6.45, 7) is 7.91. The van der Waals surface area contributed by atoms with E-state index in [2.05, 4.69) is 37.9 Å². The number of methoxy groups -OCH3 is 1. The van der Waals surface area contributed by atoms with Crippen LogP contribution in [-0.4, -0.2) is 67.4 Å². The lowest BCUT2D eigenvalue weighted by molar-refractivity contribution is -0.137. The van der Waals surface area contributed by atoms with E-state index in [1.165, 1.54) is 19.1 Å². The van der Waals surface area contributed by atoms with Crippen molar-refractivity contribution < 1.29 is 22.7 Å². The maximum atomic E-state index is 13.9. The summed E-state index contributed by atoms with van der Waals surface area (Å²) in [4.78, 5) is 23.2. The van der Waals surface area contributed by atoms with Crippen molar-refractivity contribution in [2.75, 3.05) is 55.5 Å². The molecule has 1 fully saturated rings. The highest BCUT2D eigenvalue weighted by Gasteiger charge is 2.35. The predicted octanol–water partition coefficient (Wildman–Crippen LogP) is 6.73. The Bertz CT molecular complexity index is 1400. The molecule has 0 unspecified atom stereocenters. The number of aryl methyl sites for hydroxylation is 1. The standard InChI is InChI=1S/C29H36F3N7O2S.C2H6/c1-18-6-7-20(24(14-18)39(3)42-5)16-33-26-22(29(30,31)32)17-34-28(37-26)36-23-9-8-19(15-25(23)41-4)27(40)35-21-10-12-38(2)13-11-21;1-2/h6-9,14-15,17,21H,10-13,16H2,1-5H3,(H,35,40)(H2,33,34,36,37);1-2H3. The van der Waals surface area contributed by atoms with Crippen molar-refractivity contribution >= 4 is 41.0 Å². The van der Waals surface area contributed by atoms with Gasteiger partial charge >= 0.3 is 6.18 Å². The number of alkyl halides is 3. The van der Waals surface area contributed by atoms with E-state index < -0.39 is 11.7 Å². The van der Waals surface area contributed by atoms with E-state index in [1.54, 1.807) is 18.2 Å². The Hall–Kier alpha value is -3.71. The highest BCUT2D eigenvalue weighted by atomic mass is 32.2. The molecule has 2 aromatic carbocycles. The molecule has 1 aliphatic heterocycles. The molecule has 3 aromatic rings. The first-order valence-corrected chi connectivity index (χ1v) is 15.7. The zero-order valence-corrected chi connectivity index (χ0v) is 27.1. The van der Waals surface area contributed by atoms with Crippen LogP contribution in [0.15, 0.2) is 42.6 Å². The molecule has 1 aliphatic rings. The third kappa shape index (κ3) is 9.15. The smallest absolute Gasteiger partial charge is 0.421 e. The van der Waals surface area contributed by atoms with E-state index in [0.717, 1.165) is 48.9 Å². The lowest BCUT2D eigenvalue weighted by Gasteiger charge is -2.29. The first kappa shape index (κ1) is 34.8. The molecule has 0 spiro atoms. The first-order valence-electron chi connectivity index (χ1n) is 14.5. The number of nitrogens with one attached hydrogen (secondary N) is 3. The Labute approximate surface area is 262 Å². The maximum Gasteiger partial charge on any atom is 0.421 e. The molecule has 44 heavy (non-hydrogen) atoms. The van der Waals surface area contributed by atoms with Crippen molar-refractivity contribution in [3.05, 3.63) is 64.8 Å². The first-order chi connectivity index (χ1) is 21.0. The lowest BCUT2D eigenvalue weighted by Crippen LogP contribution is -2.43. The Morgan fingerprint density at radius 1 is 1.16 bits per heavy atom. The fourth-order valence-corrected chi connectivity index (χ4v) is 5.02. The molecule has 4 rings (SSSR count). The number of anilines is 4. The van der Waals surface area contributed by atoms with E-state index in [0.29, 0.717) is 17.0 Å². The molecule has 0 aliphatic carbocycles. The van der Waals surface area contributed by atoms with Crippen molar-refractivity contribution in [2.45, 2.75) is 52.4 Å². The van der Waals surface area contributed by atoms with Crippen molar-refractivity contribution in [1.29, 1.82) is 0 Å². The van der Waals surface area contributed by atoms with Gasteiger partial charge in [0.2, 0.25) is 5.95 Å². The summed E-state index contributed by atoms with van der Waals surface area (Å²) in [7, 11) is 5.40. The van der Waals surface area contributed by atoms with Crippen LogP contribution in [0.1, 0.15) is 53.7 Å². The topological polar surface area (TPSA) is 94.7 Å². The van der Waals surface area contributed by atoms with Gasteiger partial charge in [0.1, 0.15) is 17.1 Å². The zero-order valence-electron chi connectivity index (χ0n) is 26.3. The van der Waals surface area contributed by atoms with Crippen LogP contribution in [-0.2, 0) is 12.7 Å². The lowest BCUT2D eigenvalue weighted by atomic mass is 10.0. The number of aromatic nitrogens is 2. The Kier molecular flexibility index (Phi) is 12.5. The summed E-state index contributed by atoms with van der Waals surface area (Å²) < 4.78 is 49.0. The quantitative estimate of drug-likeness (QED) is 0.210. The summed E-state index contributed by atoms with van der Waals surface area (Å²) in [5, 5.41) is 8.86. The van der Waals surface area contributed by atoms with Crippen molar-refractivity contribution in [1.82, 2.24) is 20.2 Å². The normalized spacial score (nSPS) is 13.9. The van der Waals surface area contributed by atoms with E-state index >= 15 is 0 Å². The summed E-state index contributed by atoms with van der Waals surface area (Å²) >= 11 is 1.50. The van der Waals surface area contributed by atoms with Crippen LogP contribution in [0.4, 0.5) is 36.3 Å². The van der Waals surface area contributed by atoms with Crippen LogP contribution >= 0.6 is 11.9 Å². The van der Waals surface area contributed by atoms with E-state index in [-0.39, 0.29) is 30.3 Å². The second-order valence-electron chi connectivity index (χ2n) is 10.2. The van der Waals surface area contributed by atoms with Gasteiger partial charge in [0, 0.05) is 37.7 Å². The summed E-state index contributed by atoms with van der Waals surface area (Å²) in [6.07, 6.45) is -0.238. The fraction of sp³-hybridized carbons (Fsp3) is 0.452. The van der Waals surface area contributed by atoms with Gasteiger partial charge in [-0.1, -0.05) is 37.9 Å². The largest absolute Gasteiger partial charge is 0.495 e. The highest BCUT2D eigenvalue weighted by molar-refractivity contribution is 7.99. The third-order valence-electron chi connectivity index (χ3n) is 7.16. The molecule has 0 bridgehead atoms. The van der Waals surface area contributed by atoms with Gasteiger partial charge in [0.05, 0.1) is 18.5 Å². The molecule has 0 atom stereocenters. The fourth-order valence-electron chi connectivity index (χ4n) is 4.66. The number of halogens is 3. The molecule has 240 valence electrons. The van der Waals surface area contributed by atoms with Gasteiger partial charge in [-0.3, -0.25) is 4.79 Å². The van der Waals surface area contributed by atoms with E-state index in [1.807, 2.05) is 56.6 Å². The van der Waals surface area contributed by atoms with Crippen molar-refractivity contribution in [3.8, 4) is 5.75 Å². The van der Waals surface area contributed by atoms with Gasteiger partial charge in [-0.2, -0.15) is 18.2 Å². The van der Waals surface area contributed by atoms with E-state index in [9.17, 15) is 18.0 Å². The van der Waals surface area contributed by atoms with Gasteiger partial charge in [0.25, 0.3) is 5.91 Å². The van der Waals surface area contributed by atoms with Crippen molar-refractivity contribution in [2.24, 2.45) is 0 Å². The van der Waals surface area contributed by atoms with Gasteiger partial charge < -0.3 is 29.9 Å². The van der Waals surface area contributed by atoms with Crippen molar-refractivity contribution in [3.63, 3.8) is 0 Å². The van der Waals surface area contributed by atoms with Crippen LogP contribution in [0.25, 0.3) is 0 Å². The van der Waals surface area contributed by atoms with Gasteiger partial charge in [0.15, 0.2) is 0 Å². The number of piperidine rings is 1. The average molecular weight is 634 g/mol. The molecule has 0 saturated carbocycles. The van der Waals surface area contributed by atoms with Gasteiger partial charge in [-0.25, -0.2) is 4.98 Å². The Balaban J connectivity index is 0.00000259. The summed E-state index contributed by atoms with van der Waals surface area (Å²) in [5.74, 6) is -0.299. The second-order valence-corrected chi connectivity index (χ2v) is 11.1.